The highest BCUT2D eigenvalue weighted by Gasteiger charge is 2.38. The molecule has 0 N–H and O–H groups in total. The van der Waals surface area contributed by atoms with Crippen molar-refractivity contribution in [2.45, 2.75) is 32.5 Å². The Bertz CT molecular complexity index is 301. The van der Waals surface area contributed by atoms with Crippen LogP contribution in [-0.4, -0.2) is 9.78 Å². The van der Waals surface area contributed by atoms with Crippen molar-refractivity contribution >= 4 is 0 Å². The van der Waals surface area contributed by atoms with Gasteiger partial charge in [0.2, 0.25) is 5.95 Å². The maximum absolute atomic E-state index is 13.2. The lowest BCUT2D eigenvalue weighted by atomic mass is 10.1. The molecule has 0 unspecified atom stereocenters. The van der Waals surface area contributed by atoms with Crippen LogP contribution in [0.5, 0.6) is 0 Å². The number of rotatable bonds is 0. The molecule has 2 nitrogen and oxygen atoms in total. The molecule has 0 bridgehead atoms. The fourth-order valence-electron chi connectivity index (χ4n) is 0.991. The van der Waals surface area contributed by atoms with Gasteiger partial charge in [0.25, 0.3) is 0 Å². The predicted molar refractivity (Wildman–Crippen MR) is 42.2 cm³/mol. The third kappa shape index (κ3) is 1.88. The highest BCUT2D eigenvalue weighted by Crippen LogP contribution is 2.32. The van der Waals surface area contributed by atoms with Crippen LogP contribution in [0.25, 0.3) is 0 Å². The molecule has 6 heteroatoms. The maximum atomic E-state index is 13.2. The lowest BCUT2D eigenvalue weighted by Gasteiger charge is -2.19. The SMILES string of the molecule is CC(C)(C)n1ncc(C(F)(F)F)c1F. The second-order valence-electron chi connectivity index (χ2n) is 3.93. The zero-order valence-electron chi connectivity index (χ0n) is 7.98. The van der Waals surface area contributed by atoms with E-state index in [9.17, 15) is 17.6 Å². The molecule has 0 aliphatic heterocycles. The first kappa shape index (κ1) is 11.0. The lowest BCUT2D eigenvalue weighted by molar-refractivity contribution is -0.140. The highest BCUT2D eigenvalue weighted by molar-refractivity contribution is 5.12. The fraction of sp³-hybridized carbons (Fsp3) is 0.625. The molecule has 80 valence electrons. The lowest BCUT2D eigenvalue weighted by Crippen LogP contribution is -2.25. The van der Waals surface area contributed by atoms with Crippen molar-refractivity contribution in [1.29, 1.82) is 0 Å². The van der Waals surface area contributed by atoms with Gasteiger partial charge in [0.05, 0.1) is 11.7 Å². The average molecular weight is 210 g/mol. The third-order valence-corrected chi connectivity index (χ3v) is 1.65. The number of hydrogen-bond donors (Lipinski definition) is 0. The first-order valence-electron chi connectivity index (χ1n) is 3.95. The molecule has 0 radical (unpaired) electrons. The molecule has 1 aromatic heterocycles. The van der Waals surface area contributed by atoms with Crippen molar-refractivity contribution in [3.05, 3.63) is 17.7 Å². The van der Waals surface area contributed by atoms with Gasteiger partial charge in [0.1, 0.15) is 5.56 Å². The van der Waals surface area contributed by atoms with Gasteiger partial charge in [-0.15, -0.1) is 0 Å². The Labute approximate surface area is 78.5 Å². The van der Waals surface area contributed by atoms with Crippen molar-refractivity contribution in [3.63, 3.8) is 0 Å². The third-order valence-electron chi connectivity index (χ3n) is 1.65. The molecule has 0 amide bonds. The van der Waals surface area contributed by atoms with Crippen molar-refractivity contribution in [1.82, 2.24) is 9.78 Å². The van der Waals surface area contributed by atoms with E-state index in [0.29, 0.717) is 6.20 Å². The summed E-state index contributed by atoms with van der Waals surface area (Å²) >= 11 is 0. The van der Waals surface area contributed by atoms with E-state index in [2.05, 4.69) is 5.10 Å². The van der Waals surface area contributed by atoms with Gasteiger partial charge in [-0.2, -0.15) is 22.7 Å². The Morgan fingerprint density at radius 3 is 1.93 bits per heavy atom. The van der Waals surface area contributed by atoms with Crippen LogP contribution in [-0.2, 0) is 11.7 Å². The van der Waals surface area contributed by atoms with Crippen LogP contribution in [0.3, 0.4) is 0 Å². The molecule has 1 heterocycles. The summed E-state index contributed by atoms with van der Waals surface area (Å²) in [5.41, 5.74) is -2.12. The molecule has 1 rings (SSSR count). The maximum Gasteiger partial charge on any atom is 0.422 e. The summed E-state index contributed by atoms with van der Waals surface area (Å²) in [5.74, 6) is -1.34. The van der Waals surface area contributed by atoms with Crippen LogP contribution in [0.1, 0.15) is 26.3 Å². The predicted octanol–water partition coefficient (Wildman–Crippen LogP) is 2.80. The molecular formula is C8H10F4N2. The smallest absolute Gasteiger partial charge is 0.234 e. The van der Waals surface area contributed by atoms with Gasteiger partial charge in [-0.3, -0.25) is 0 Å². The first-order valence-corrected chi connectivity index (χ1v) is 3.95. The standard InChI is InChI=1S/C8H10F4N2/c1-7(2,3)14-6(9)5(4-13-14)8(10,11)12/h4H,1-3H3. The van der Waals surface area contributed by atoms with Gasteiger partial charge in [0.15, 0.2) is 0 Å². The molecule has 0 atom stereocenters. The second kappa shape index (κ2) is 2.96. The Morgan fingerprint density at radius 1 is 1.21 bits per heavy atom. The van der Waals surface area contributed by atoms with E-state index >= 15 is 0 Å². The van der Waals surface area contributed by atoms with Crippen LogP contribution in [0.15, 0.2) is 6.20 Å². The first-order chi connectivity index (χ1) is 6.14. The van der Waals surface area contributed by atoms with Crippen LogP contribution in [0, 0.1) is 5.95 Å². The zero-order chi connectivity index (χ0) is 11.1. The van der Waals surface area contributed by atoms with Crippen molar-refractivity contribution < 1.29 is 17.6 Å². The summed E-state index contributed by atoms with van der Waals surface area (Å²) in [4.78, 5) is 0. The monoisotopic (exact) mass is 210 g/mol. The van der Waals surface area contributed by atoms with Gasteiger partial charge < -0.3 is 0 Å². The summed E-state index contributed by atoms with van der Waals surface area (Å²) in [6, 6.07) is 0. The van der Waals surface area contributed by atoms with Gasteiger partial charge >= 0.3 is 6.18 Å². The topological polar surface area (TPSA) is 17.8 Å². The summed E-state index contributed by atoms with van der Waals surface area (Å²) in [6.07, 6.45) is -4.19. The van der Waals surface area contributed by atoms with Gasteiger partial charge in [0, 0.05) is 0 Å². The molecule has 0 saturated heterocycles. The number of aromatic nitrogens is 2. The largest absolute Gasteiger partial charge is 0.422 e. The van der Waals surface area contributed by atoms with Crippen molar-refractivity contribution in [2.24, 2.45) is 0 Å². The molecule has 14 heavy (non-hydrogen) atoms. The van der Waals surface area contributed by atoms with E-state index in [1.165, 1.54) is 0 Å². The minimum atomic E-state index is -4.69. The summed E-state index contributed by atoms with van der Waals surface area (Å²) < 4.78 is 50.4. The molecule has 1 aromatic rings. The molecule has 0 fully saturated rings. The number of nitrogens with zero attached hydrogens (tertiary/aromatic N) is 2. The van der Waals surface area contributed by atoms with E-state index < -0.39 is 23.2 Å². The minimum absolute atomic E-state index is 0.501. The summed E-state index contributed by atoms with van der Waals surface area (Å²) in [5, 5.41) is 3.38. The Hall–Kier alpha value is -1.07. The number of halogens is 4. The van der Waals surface area contributed by atoms with E-state index in [1.807, 2.05) is 0 Å². The number of alkyl halides is 3. The van der Waals surface area contributed by atoms with Crippen LogP contribution in [0.4, 0.5) is 17.6 Å². The van der Waals surface area contributed by atoms with Crippen LogP contribution in [0.2, 0.25) is 0 Å². The zero-order valence-corrected chi connectivity index (χ0v) is 7.98. The Balaban J connectivity index is 3.23. The summed E-state index contributed by atoms with van der Waals surface area (Å²) in [7, 11) is 0. The van der Waals surface area contributed by atoms with Gasteiger partial charge in [-0.05, 0) is 20.8 Å². The molecular weight excluding hydrogens is 200 g/mol. The molecule has 0 saturated carbocycles. The molecule has 0 aliphatic carbocycles. The molecule has 0 aromatic carbocycles. The summed E-state index contributed by atoms with van der Waals surface area (Å²) in [6.45, 7) is 4.72. The molecule has 0 spiro atoms. The minimum Gasteiger partial charge on any atom is -0.234 e. The van der Waals surface area contributed by atoms with Gasteiger partial charge in [-0.25, -0.2) is 4.68 Å². The van der Waals surface area contributed by atoms with E-state index in [-0.39, 0.29) is 0 Å². The quantitative estimate of drug-likeness (QED) is 0.602. The van der Waals surface area contributed by atoms with E-state index in [4.69, 9.17) is 0 Å². The van der Waals surface area contributed by atoms with Gasteiger partial charge in [-0.1, -0.05) is 0 Å². The van der Waals surface area contributed by atoms with Crippen LogP contribution < -0.4 is 0 Å². The van der Waals surface area contributed by atoms with E-state index in [1.54, 1.807) is 20.8 Å². The normalized spacial score (nSPS) is 13.4. The average Bonchev–Trinajstić information content (AvgIpc) is 2.26. The highest BCUT2D eigenvalue weighted by atomic mass is 19.4. The van der Waals surface area contributed by atoms with Crippen LogP contribution >= 0.6 is 0 Å². The Morgan fingerprint density at radius 2 is 1.71 bits per heavy atom. The van der Waals surface area contributed by atoms with Crippen molar-refractivity contribution in [3.8, 4) is 0 Å². The molecule has 0 aliphatic rings. The Kier molecular flexibility index (Phi) is 2.33. The second-order valence-corrected chi connectivity index (χ2v) is 3.93. The van der Waals surface area contributed by atoms with Crippen molar-refractivity contribution in [2.75, 3.05) is 0 Å². The number of hydrogen-bond acceptors (Lipinski definition) is 1. The van der Waals surface area contributed by atoms with E-state index in [0.717, 1.165) is 4.68 Å². The fourth-order valence-corrected chi connectivity index (χ4v) is 0.991.